The first-order valence-electron chi connectivity index (χ1n) is 9.83. The van der Waals surface area contributed by atoms with Gasteiger partial charge in [-0.1, -0.05) is 44.4 Å². The van der Waals surface area contributed by atoms with E-state index in [1.807, 2.05) is 40.1 Å². The smallest absolute Gasteiger partial charge is 0.228 e. The van der Waals surface area contributed by atoms with Crippen molar-refractivity contribution in [3.05, 3.63) is 30.3 Å². The first-order chi connectivity index (χ1) is 12.6. The van der Waals surface area contributed by atoms with Crippen LogP contribution in [0.4, 0.5) is 0 Å². The lowest BCUT2D eigenvalue weighted by Crippen LogP contribution is -2.45. The minimum Gasteiger partial charge on any atom is -0.492 e. The summed E-state index contributed by atoms with van der Waals surface area (Å²) < 4.78 is 5.71. The Bertz CT molecular complexity index is 611. The van der Waals surface area contributed by atoms with Crippen LogP contribution in [0.3, 0.4) is 0 Å². The summed E-state index contributed by atoms with van der Waals surface area (Å²) in [6, 6.07) is 9.64. The lowest BCUT2D eigenvalue weighted by atomic mass is 9.74. The zero-order valence-corrected chi connectivity index (χ0v) is 15.8. The quantitative estimate of drug-likeness (QED) is 0.813. The first kappa shape index (κ1) is 18.7. The molecular weight excluding hydrogens is 328 g/mol. The molecule has 1 aromatic carbocycles. The summed E-state index contributed by atoms with van der Waals surface area (Å²) in [5, 5.41) is 0. The molecule has 142 valence electrons. The van der Waals surface area contributed by atoms with E-state index in [1.165, 1.54) is 6.42 Å². The molecule has 0 spiro atoms. The number of nitrogens with zero attached hydrogens (tertiary/aromatic N) is 2. The van der Waals surface area contributed by atoms with Crippen molar-refractivity contribution in [2.45, 2.75) is 45.4 Å². The van der Waals surface area contributed by atoms with Gasteiger partial charge in [-0.25, -0.2) is 0 Å². The van der Waals surface area contributed by atoms with Gasteiger partial charge >= 0.3 is 0 Å². The maximum absolute atomic E-state index is 13.0. The molecule has 1 aliphatic carbocycles. The third-order valence-electron chi connectivity index (χ3n) is 5.72. The monoisotopic (exact) mass is 358 g/mol. The molecule has 1 saturated carbocycles. The van der Waals surface area contributed by atoms with Gasteiger partial charge in [0.1, 0.15) is 12.4 Å². The Labute approximate surface area is 156 Å². The number of para-hydroxylation sites is 1. The molecule has 1 heterocycles. The van der Waals surface area contributed by atoms with Crippen LogP contribution in [-0.2, 0) is 9.59 Å². The average molecular weight is 358 g/mol. The maximum atomic E-state index is 13.0. The van der Waals surface area contributed by atoms with Crippen LogP contribution in [0.15, 0.2) is 30.3 Å². The van der Waals surface area contributed by atoms with Crippen LogP contribution in [0.5, 0.6) is 5.75 Å². The van der Waals surface area contributed by atoms with Crippen LogP contribution < -0.4 is 4.74 Å². The van der Waals surface area contributed by atoms with Crippen molar-refractivity contribution in [1.29, 1.82) is 0 Å². The number of ether oxygens (including phenoxy) is 1. The second-order valence-electron chi connectivity index (χ2n) is 7.71. The predicted octanol–water partition coefficient (Wildman–Crippen LogP) is 3.10. The second kappa shape index (κ2) is 8.56. The minimum absolute atomic E-state index is 0.116. The molecule has 0 radical (unpaired) electrons. The third kappa shape index (κ3) is 4.57. The molecule has 2 aliphatic rings. The molecule has 1 aliphatic heterocycles. The van der Waals surface area contributed by atoms with Crippen LogP contribution in [0.2, 0.25) is 0 Å². The molecule has 0 atom stereocenters. The molecule has 0 aromatic heterocycles. The van der Waals surface area contributed by atoms with Gasteiger partial charge in [-0.15, -0.1) is 0 Å². The number of rotatable bonds is 5. The SMILES string of the molecule is CC1(C(=O)N2CCC(=O)N(CCOc3ccccc3)CC2)CCCCC1. The molecular formula is C21H30N2O3. The maximum Gasteiger partial charge on any atom is 0.228 e. The van der Waals surface area contributed by atoms with Crippen LogP contribution in [-0.4, -0.2) is 54.4 Å². The molecule has 0 unspecified atom stereocenters. The van der Waals surface area contributed by atoms with Gasteiger partial charge in [-0.05, 0) is 25.0 Å². The van der Waals surface area contributed by atoms with Crippen LogP contribution in [0.25, 0.3) is 0 Å². The van der Waals surface area contributed by atoms with E-state index in [1.54, 1.807) is 0 Å². The highest BCUT2D eigenvalue weighted by atomic mass is 16.5. The Hall–Kier alpha value is -2.04. The highest BCUT2D eigenvalue weighted by molar-refractivity contribution is 5.84. The van der Waals surface area contributed by atoms with Gasteiger partial charge in [-0.2, -0.15) is 0 Å². The van der Waals surface area contributed by atoms with E-state index in [9.17, 15) is 9.59 Å². The van der Waals surface area contributed by atoms with E-state index in [0.29, 0.717) is 39.2 Å². The van der Waals surface area contributed by atoms with Crippen LogP contribution >= 0.6 is 0 Å². The molecule has 26 heavy (non-hydrogen) atoms. The van der Waals surface area contributed by atoms with Gasteiger partial charge in [0.2, 0.25) is 11.8 Å². The van der Waals surface area contributed by atoms with Crippen molar-refractivity contribution in [2.24, 2.45) is 5.41 Å². The number of carbonyl (C=O) groups is 2. The molecule has 1 aromatic rings. The van der Waals surface area contributed by atoms with Gasteiger partial charge in [0, 0.05) is 31.5 Å². The normalized spacial score (nSPS) is 20.6. The van der Waals surface area contributed by atoms with E-state index in [2.05, 4.69) is 6.92 Å². The van der Waals surface area contributed by atoms with E-state index in [4.69, 9.17) is 4.74 Å². The van der Waals surface area contributed by atoms with Crippen molar-refractivity contribution >= 4 is 11.8 Å². The summed E-state index contributed by atoms with van der Waals surface area (Å²) in [5.74, 6) is 1.18. The van der Waals surface area contributed by atoms with Crippen molar-refractivity contribution in [2.75, 3.05) is 32.8 Å². The Balaban J connectivity index is 1.51. The van der Waals surface area contributed by atoms with E-state index < -0.39 is 0 Å². The van der Waals surface area contributed by atoms with Crippen molar-refractivity contribution in [3.63, 3.8) is 0 Å². The predicted molar refractivity (Wildman–Crippen MR) is 101 cm³/mol. The summed E-state index contributed by atoms with van der Waals surface area (Å²) in [7, 11) is 0. The summed E-state index contributed by atoms with van der Waals surface area (Å²) in [4.78, 5) is 29.2. The van der Waals surface area contributed by atoms with Crippen molar-refractivity contribution in [3.8, 4) is 5.75 Å². The highest BCUT2D eigenvalue weighted by Gasteiger charge is 2.38. The van der Waals surface area contributed by atoms with E-state index >= 15 is 0 Å². The van der Waals surface area contributed by atoms with Crippen molar-refractivity contribution < 1.29 is 14.3 Å². The zero-order valence-electron chi connectivity index (χ0n) is 15.8. The number of benzene rings is 1. The Morgan fingerprint density at radius 3 is 2.54 bits per heavy atom. The molecule has 3 rings (SSSR count). The first-order valence-corrected chi connectivity index (χ1v) is 9.83. The van der Waals surface area contributed by atoms with Crippen molar-refractivity contribution in [1.82, 2.24) is 9.80 Å². The Morgan fingerprint density at radius 2 is 1.81 bits per heavy atom. The third-order valence-corrected chi connectivity index (χ3v) is 5.72. The Morgan fingerprint density at radius 1 is 1.08 bits per heavy atom. The lowest BCUT2D eigenvalue weighted by molar-refractivity contribution is -0.143. The van der Waals surface area contributed by atoms with Crippen LogP contribution in [0.1, 0.15) is 45.4 Å². The summed E-state index contributed by atoms with van der Waals surface area (Å²) >= 11 is 0. The number of hydrogen-bond acceptors (Lipinski definition) is 3. The molecule has 0 N–H and O–H groups in total. The van der Waals surface area contributed by atoms with Gasteiger partial charge in [-0.3, -0.25) is 9.59 Å². The topological polar surface area (TPSA) is 49.9 Å². The summed E-state index contributed by atoms with van der Waals surface area (Å²) in [6.45, 7) is 4.91. The Kier molecular flexibility index (Phi) is 6.17. The van der Waals surface area contributed by atoms with Gasteiger partial charge in [0.25, 0.3) is 0 Å². The molecule has 5 heteroatoms. The zero-order chi connectivity index (χ0) is 18.4. The molecule has 5 nitrogen and oxygen atoms in total. The fourth-order valence-corrected chi connectivity index (χ4v) is 4.02. The average Bonchev–Trinajstić information content (AvgIpc) is 2.85. The molecule has 2 amide bonds. The van der Waals surface area contributed by atoms with Gasteiger partial charge in [0.05, 0.1) is 6.54 Å². The minimum atomic E-state index is -0.229. The summed E-state index contributed by atoms with van der Waals surface area (Å²) in [5.41, 5.74) is -0.229. The highest BCUT2D eigenvalue weighted by Crippen LogP contribution is 2.37. The van der Waals surface area contributed by atoms with E-state index in [0.717, 1.165) is 31.4 Å². The largest absolute Gasteiger partial charge is 0.492 e. The molecule has 1 saturated heterocycles. The number of carbonyl (C=O) groups excluding carboxylic acids is 2. The lowest BCUT2D eigenvalue weighted by Gasteiger charge is -2.36. The van der Waals surface area contributed by atoms with Gasteiger partial charge in [0.15, 0.2) is 0 Å². The second-order valence-corrected chi connectivity index (χ2v) is 7.71. The van der Waals surface area contributed by atoms with Crippen LogP contribution in [0, 0.1) is 5.41 Å². The van der Waals surface area contributed by atoms with Gasteiger partial charge < -0.3 is 14.5 Å². The fourth-order valence-electron chi connectivity index (χ4n) is 4.02. The standard InChI is InChI=1S/C21H30N2O3/c1-21(11-6-3-7-12-21)20(25)23-13-10-19(24)22(14-15-23)16-17-26-18-8-4-2-5-9-18/h2,4-5,8-9H,3,6-7,10-17H2,1H3. The number of hydrogen-bond donors (Lipinski definition) is 0. The summed E-state index contributed by atoms with van der Waals surface area (Å²) in [6.07, 6.45) is 5.87. The molecule has 2 fully saturated rings. The molecule has 0 bridgehead atoms. The number of amides is 2. The van der Waals surface area contributed by atoms with E-state index in [-0.39, 0.29) is 17.2 Å². The fraction of sp³-hybridized carbons (Fsp3) is 0.619.